The molecule has 0 aliphatic heterocycles. The molecule has 0 aliphatic rings. The molecule has 2 rings (SSSR count). The van der Waals surface area contributed by atoms with Crippen molar-refractivity contribution in [1.29, 1.82) is 0 Å². The van der Waals surface area contributed by atoms with Gasteiger partial charge in [-0.3, -0.25) is 9.78 Å². The van der Waals surface area contributed by atoms with Crippen molar-refractivity contribution in [2.45, 2.75) is 27.7 Å². The van der Waals surface area contributed by atoms with E-state index >= 15 is 0 Å². The average Bonchev–Trinajstić information content (AvgIpc) is 2.49. The van der Waals surface area contributed by atoms with Gasteiger partial charge in [-0.25, -0.2) is 4.98 Å². The number of carbonyl (C=O) groups excluding carboxylic acids is 1. The summed E-state index contributed by atoms with van der Waals surface area (Å²) in [5.74, 6) is 0.0684. The van der Waals surface area contributed by atoms with Crippen LogP contribution in [0.25, 0.3) is 0 Å². The number of anilines is 2. The number of rotatable bonds is 3. The molecule has 0 aliphatic carbocycles. The van der Waals surface area contributed by atoms with Crippen molar-refractivity contribution >= 4 is 23.4 Å². The zero-order valence-corrected chi connectivity index (χ0v) is 14.6. The fourth-order valence-corrected chi connectivity index (χ4v) is 2.48. The van der Waals surface area contributed by atoms with Gasteiger partial charge in [-0.1, -0.05) is 0 Å². The van der Waals surface area contributed by atoms with Crippen LogP contribution >= 0.6 is 0 Å². The maximum atomic E-state index is 11.9. The number of hydrogen-bond acceptors (Lipinski definition) is 4. The van der Waals surface area contributed by atoms with Crippen LogP contribution in [0.3, 0.4) is 0 Å². The quantitative estimate of drug-likeness (QED) is 0.658. The van der Waals surface area contributed by atoms with Crippen molar-refractivity contribution < 1.29 is 4.79 Å². The zero-order valence-electron chi connectivity index (χ0n) is 14.6. The first-order chi connectivity index (χ1) is 11.2. The average molecular weight is 326 g/mol. The number of amides is 1. The second-order valence-corrected chi connectivity index (χ2v) is 5.71. The third kappa shape index (κ3) is 3.51. The van der Waals surface area contributed by atoms with Crippen LogP contribution in [0.2, 0.25) is 0 Å². The van der Waals surface area contributed by atoms with Gasteiger partial charge in [-0.05, 0) is 51.5 Å². The van der Waals surface area contributed by atoms with Crippen molar-refractivity contribution in [2.24, 2.45) is 16.5 Å². The Morgan fingerprint density at radius 2 is 1.67 bits per heavy atom. The van der Waals surface area contributed by atoms with Crippen LogP contribution in [0.5, 0.6) is 0 Å². The molecule has 7 nitrogen and oxygen atoms in total. The van der Waals surface area contributed by atoms with Crippen molar-refractivity contribution in [3.63, 3.8) is 0 Å². The van der Waals surface area contributed by atoms with Gasteiger partial charge in [0.25, 0.3) is 5.91 Å². The van der Waals surface area contributed by atoms with Gasteiger partial charge in [-0.15, -0.1) is 0 Å². The molecule has 0 unspecified atom stereocenters. The van der Waals surface area contributed by atoms with Crippen LogP contribution in [-0.4, -0.2) is 28.9 Å². The molecule has 0 atom stereocenters. The van der Waals surface area contributed by atoms with Crippen LogP contribution in [-0.2, 0) is 0 Å². The van der Waals surface area contributed by atoms with E-state index in [0.29, 0.717) is 5.56 Å². The summed E-state index contributed by atoms with van der Waals surface area (Å²) < 4.78 is 0. The molecule has 1 aromatic carbocycles. The van der Waals surface area contributed by atoms with Gasteiger partial charge in [0, 0.05) is 18.3 Å². The molecule has 0 saturated carbocycles. The molecule has 126 valence electrons. The minimum atomic E-state index is -0.463. The van der Waals surface area contributed by atoms with E-state index in [-0.39, 0.29) is 5.96 Å². The minimum Gasteiger partial charge on any atom is -0.370 e. The minimum absolute atomic E-state index is 0.250. The number of nitrogens with two attached hydrogens (primary N) is 2. The molecule has 0 bridgehead atoms. The number of aromatic nitrogens is 2. The summed E-state index contributed by atoms with van der Waals surface area (Å²) in [6.45, 7) is 7.72. The maximum Gasteiger partial charge on any atom is 0.280 e. The SMILES string of the molecule is Cc1cc(C(=O)N=C(N)N)ccc1N(C)c1nc(C)c(C)nc1C. The van der Waals surface area contributed by atoms with Crippen molar-refractivity contribution in [3.8, 4) is 0 Å². The lowest BCUT2D eigenvalue weighted by Crippen LogP contribution is -2.24. The molecular formula is C17H22N6O. The molecule has 4 N–H and O–H groups in total. The largest absolute Gasteiger partial charge is 0.370 e. The Hall–Kier alpha value is -2.96. The van der Waals surface area contributed by atoms with Crippen LogP contribution in [0.1, 0.15) is 33.0 Å². The molecule has 0 saturated heterocycles. The van der Waals surface area contributed by atoms with E-state index < -0.39 is 5.91 Å². The van der Waals surface area contributed by atoms with Crippen molar-refractivity contribution in [1.82, 2.24) is 9.97 Å². The highest BCUT2D eigenvalue weighted by molar-refractivity contribution is 6.02. The number of carbonyl (C=O) groups is 1. The number of aryl methyl sites for hydroxylation is 4. The normalized spacial score (nSPS) is 10.4. The third-order valence-electron chi connectivity index (χ3n) is 3.81. The number of nitrogens with zero attached hydrogens (tertiary/aromatic N) is 4. The standard InChI is InChI=1S/C17H22N6O/c1-9-8-13(16(24)22-17(18)19)6-7-14(9)23(5)15-12(4)20-10(2)11(3)21-15/h6-8H,1-5H3,(H4,18,19,22,24). The number of benzene rings is 1. The number of aliphatic imine (C=N–C) groups is 1. The molecule has 1 aromatic heterocycles. The zero-order chi connectivity index (χ0) is 18.0. The summed E-state index contributed by atoms with van der Waals surface area (Å²) in [7, 11) is 1.92. The van der Waals surface area contributed by atoms with E-state index in [0.717, 1.165) is 34.2 Å². The summed E-state index contributed by atoms with van der Waals surface area (Å²) in [5, 5.41) is 0. The van der Waals surface area contributed by atoms with Gasteiger partial charge in [0.05, 0.1) is 17.1 Å². The Morgan fingerprint density at radius 1 is 1.04 bits per heavy atom. The highest BCUT2D eigenvalue weighted by Gasteiger charge is 2.15. The van der Waals surface area contributed by atoms with E-state index in [1.807, 2.05) is 45.7 Å². The lowest BCUT2D eigenvalue weighted by atomic mass is 10.1. The Bertz CT molecular complexity index is 824. The lowest BCUT2D eigenvalue weighted by molar-refractivity contribution is 0.100. The van der Waals surface area contributed by atoms with E-state index in [9.17, 15) is 4.79 Å². The first kappa shape index (κ1) is 17.4. The van der Waals surface area contributed by atoms with Crippen molar-refractivity contribution in [2.75, 3.05) is 11.9 Å². The first-order valence-electron chi connectivity index (χ1n) is 7.51. The van der Waals surface area contributed by atoms with Gasteiger partial charge >= 0.3 is 0 Å². The van der Waals surface area contributed by atoms with Gasteiger partial charge in [0.2, 0.25) is 0 Å². The van der Waals surface area contributed by atoms with Crippen LogP contribution < -0.4 is 16.4 Å². The lowest BCUT2D eigenvalue weighted by Gasteiger charge is -2.23. The summed E-state index contributed by atoms with van der Waals surface area (Å²) in [5.41, 5.74) is 15.4. The summed E-state index contributed by atoms with van der Waals surface area (Å²) in [4.78, 5) is 26.6. The molecule has 0 fully saturated rings. The second-order valence-electron chi connectivity index (χ2n) is 5.71. The summed E-state index contributed by atoms with van der Waals surface area (Å²) in [6, 6.07) is 5.29. The number of hydrogen-bond donors (Lipinski definition) is 2. The molecule has 2 aromatic rings. The van der Waals surface area contributed by atoms with E-state index in [1.54, 1.807) is 12.1 Å². The Kier molecular flexibility index (Phi) is 4.82. The third-order valence-corrected chi connectivity index (χ3v) is 3.81. The smallest absolute Gasteiger partial charge is 0.280 e. The Balaban J connectivity index is 2.41. The predicted octanol–water partition coefficient (Wildman–Crippen LogP) is 1.89. The summed E-state index contributed by atoms with van der Waals surface area (Å²) in [6.07, 6.45) is 0. The predicted molar refractivity (Wildman–Crippen MR) is 95.6 cm³/mol. The van der Waals surface area contributed by atoms with Crippen molar-refractivity contribution in [3.05, 3.63) is 46.4 Å². The Labute approximate surface area is 141 Å². The molecule has 1 amide bonds. The fraction of sp³-hybridized carbons (Fsp3) is 0.294. The van der Waals surface area contributed by atoms with Crippen LogP contribution in [0, 0.1) is 27.7 Å². The molecule has 0 radical (unpaired) electrons. The summed E-state index contributed by atoms with van der Waals surface area (Å²) >= 11 is 0. The maximum absolute atomic E-state index is 11.9. The van der Waals surface area contributed by atoms with Crippen LogP contribution in [0.15, 0.2) is 23.2 Å². The van der Waals surface area contributed by atoms with Crippen LogP contribution in [0.4, 0.5) is 11.5 Å². The second kappa shape index (κ2) is 6.66. The van der Waals surface area contributed by atoms with Gasteiger partial charge in [-0.2, -0.15) is 4.99 Å². The highest BCUT2D eigenvalue weighted by Crippen LogP contribution is 2.28. The topological polar surface area (TPSA) is 110 Å². The molecule has 0 spiro atoms. The van der Waals surface area contributed by atoms with Gasteiger partial charge in [0.15, 0.2) is 11.8 Å². The van der Waals surface area contributed by atoms with E-state index in [4.69, 9.17) is 11.5 Å². The van der Waals surface area contributed by atoms with Gasteiger partial charge in [0.1, 0.15) is 0 Å². The molecule has 1 heterocycles. The van der Waals surface area contributed by atoms with E-state index in [2.05, 4.69) is 15.0 Å². The molecule has 7 heteroatoms. The molecule has 24 heavy (non-hydrogen) atoms. The first-order valence-corrected chi connectivity index (χ1v) is 7.51. The van der Waals surface area contributed by atoms with Gasteiger partial charge < -0.3 is 16.4 Å². The molecular weight excluding hydrogens is 304 g/mol. The van der Waals surface area contributed by atoms with E-state index in [1.165, 1.54) is 0 Å². The highest BCUT2D eigenvalue weighted by atomic mass is 16.1. The monoisotopic (exact) mass is 326 g/mol. The number of guanidine groups is 1. The fourth-order valence-electron chi connectivity index (χ4n) is 2.48. The Morgan fingerprint density at radius 3 is 2.25 bits per heavy atom.